The molecule has 1 aromatic rings. The fourth-order valence-corrected chi connectivity index (χ4v) is 2.28. The lowest BCUT2D eigenvalue weighted by atomic mass is 10.0. The molecule has 1 aliphatic carbocycles. The summed E-state index contributed by atoms with van der Waals surface area (Å²) in [5.74, 6) is 0.292. The van der Waals surface area contributed by atoms with Crippen LogP contribution in [-0.4, -0.2) is 15.3 Å². The molecule has 2 rings (SSSR count). The van der Waals surface area contributed by atoms with Gasteiger partial charge in [0, 0.05) is 12.1 Å². The van der Waals surface area contributed by atoms with Crippen molar-refractivity contribution in [1.29, 1.82) is 0 Å². The molecule has 0 bridgehead atoms. The average Bonchev–Trinajstić information content (AvgIpc) is 2.70. The van der Waals surface area contributed by atoms with Gasteiger partial charge in [0.1, 0.15) is 0 Å². The van der Waals surface area contributed by atoms with Gasteiger partial charge in [-0.2, -0.15) is 0 Å². The van der Waals surface area contributed by atoms with E-state index in [-0.39, 0.29) is 6.04 Å². The first-order valence-corrected chi connectivity index (χ1v) is 5.81. The van der Waals surface area contributed by atoms with Crippen LogP contribution in [0, 0.1) is 0 Å². The normalized spacial score (nSPS) is 17.2. The third-order valence-electron chi connectivity index (χ3n) is 3.29. The molecule has 0 spiro atoms. The monoisotopic (exact) mass is 206 g/mol. The molecule has 1 unspecified atom stereocenters. The largest absolute Gasteiger partial charge is 0.324 e. The van der Waals surface area contributed by atoms with Crippen molar-refractivity contribution in [2.45, 2.75) is 52.0 Å². The second kappa shape index (κ2) is 4.17. The third-order valence-corrected chi connectivity index (χ3v) is 3.29. The van der Waals surface area contributed by atoms with Gasteiger partial charge in [-0.3, -0.25) is 4.79 Å². The van der Waals surface area contributed by atoms with Gasteiger partial charge in [0.05, 0.1) is 18.1 Å². The van der Waals surface area contributed by atoms with Crippen LogP contribution in [0.5, 0.6) is 0 Å². The van der Waals surface area contributed by atoms with Gasteiger partial charge >= 0.3 is 0 Å². The Labute approximate surface area is 90.5 Å². The Hall–Kier alpha value is -1.12. The van der Waals surface area contributed by atoms with Crippen LogP contribution in [0.3, 0.4) is 0 Å². The Balaban J connectivity index is 2.28. The van der Waals surface area contributed by atoms with E-state index in [2.05, 4.69) is 9.55 Å². The topological polar surface area (TPSA) is 34.9 Å². The Bertz CT molecular complexity index is 368. The van der Waals surface area contributed by atoms with E-state index in [0.717, 1.165) is 12.8 Å². The summed E-state index contributed by atoms with van der Waals surface area (Å²) in [7, 11) is 0. The van der Waals surface area contributed by atoms with E-state index in [1.165, 1.54) is 24.2 Å². The van der Waals surface area contributed by atoms with Crippen LogP contribution in [-0.2, 0) is 17.6 Å². The van der Waals surface area contributed by atoms with Gasteiger partial charge in [0.2, 0.25) is 0 Å². The zero-order valence-electron chi connectivity index (χ0n) is 9.49. The standard InChI is InChI=1S/C12H18N2O/c1-3-12(15)9(2)14-8-13-10-6-4-5-7-11(10)14/h8-9H,3-7H2,1-2H3. The van der Waals surface area contributed by atoms with Crippen LogP contribution in [0.25, 0.3) is 0 Å². The number of nitrogens with zero attached hydrogens (tertiary/aromatic N) is 2. The van der Waals surface area contributed by atoms with Gasteiger partial charge in [0.15, 0.2) is 5.78 Å². The van der Waals surface area contributed by atoms with Crippen LogP contribution in [0.1, 0.15) is 50.5 Å². The molecular formula is C12H18N2O. The summed E-state index contributed by atoms with van der Waals surface area (Å²) in [6, 6.07) is -0.0376. The predicted molar refractivity (Wildman–Crippen MR) is 58.9 cm³/mol. The fraction of sp³-hybridized carbons (Fsp3) is 0.667. The van der Waals surface area contributed by atoms with E-state index < -0.39 is 0 Å². The zero-order valence-corrected chi connectivity index (χ0v) is 9.49. The first-order chi connectivity index (χ1) is 7.24. The molecule has 1 heterocycles. The van der Waals surface area contributed by atoms with E-state index in [9.17, 15) is 4.79 Å². The molecule has 3 nitrogen and oxygen atoms in total. The molecule has 0 N–H and O–H groups in total. The lowest BCUT2D eigenvalue weighted by Gasteiger charge is -2.18. The molecule has 1 aromatic heterocycles. The summed E-state index contributed by atoms with van der Waals surface area (Å²) in [4.78, 5) is 16.1. The number of fused-ring (bicyclic) bond motifs is 1. The number of aromatic nitrogens is 2. The maximum Gasteiger partial charge on any atom is 0.155 e. The second-order valence-corrected chi connectivity index (χ2v) is 4.25. The van der Waals surface area contributed by atoms with Crippen molar-refractivity contribution < 1.29 is 4.79 Å². The highest BCUT2D eigenvalue weighted by Crippen LogP contribution is 2.23. The first-order valence-electron chi connectivity index (χ1n) is 5.81. The molecule has 0 aromatic carbocycles. The molecule has 3 heteroatoms. The van der Waals surface area contributed by atoms with Crippen molar-refractivity contribution in [2.24, 2.45) is 0 Å². The van der Waals surface area contributed by atoms with Crippen molar-refractivity contribution >= 4 is 5.78 Å². The minimum Gasteiger partial charge on any atom is -0.324 e. The Morgan fingerprint density at radius 3 is 3.00 bits per heavy atom. The molecule has 1 aliphatic rings. The average molecular weight is 206 g/mol. The van der Waals surface area contributed by atoms with Gasteiger partial charge in [0.25, 0.3) is 0 Å². The fourth-order valence-electron chi connectivity index (χ4n) is 2.28. The second-order valence-electron chi connectivity index (χ2n) is 4.25. The molecule has 0 amide bonds. The molecule has 1 atom stereocenters. The number of imidazole rings is 1. The maximum absolute atomic E-state index is 11.6. The molecule has 0 saturated heterocycles. The summed E-state index contributed by atoms with van der Waals surface area (Å²) in [6.07, 6.45) is 7.07. The van der Waals surface area contributed by atoms with E-state index in [4.69, 9.17) is 0 Å². The number of carbonyl (C=O) groups excluding carboxylic acids is 1. The number of hydrogen-bond acceptors (Lipinski definition) is 2. The Morgan fingerprint density at radius 2 is 2.27 bits per heavy atom. The number of carbonyl (C=O) groups is 1. The number of Topliss-reactive ketones (excluding diaryl/α,β-unsaturated/α-hetero) is 1. The highest BCUT2D eigenvalue weighted by Gasteiger charge is 2.20. The SMILES string of the molecule is CCC(=O)C(C)n1cnc2c1CCCC2. The van der Waals surface area contributed by atoms with E-state index in [1.54, 1.807) is 0 Å². The van der Waals surface area contributed by atoms with Crippen LogP contribution in [0.15, 0.2) is 6.33 Å². The van der Waals surface area contributed by atoms with Gasteiger partial charge < -0.3 is 4.57 Å². The van der Waals surface area contributed by atoms with E-state index in [1.807, 2.05) is 20.2 Å². The van der Waals surface area contributed by atoms with Crippen molar-refractivity contribution in [3.05, 3.63) is 17.7 Å². The van der Waals surface area contributed by atoms with Crippen molar-refractivity contribution in [2.75, 3.05) is 0 Å². The highest BCUT2D eigenvalue weighted by atomic mass is 16.1. The van der Waals surface area contributed by atoms with Crippen LogP contribution in [0.4, 0.5) is 0 Å². The molecule has 0 aliphatic heterocycles. The number of hydrogen-bond donors (Lipinski definition) is 0. The third kappa shape index (κ3) is 1.83. The van der Waals surface area contributed by atoms with E-state index >= 15 is 0 Å². The van der Waals surface area contributed by atoms with Crippen molar-refractivity contribution in [3.8, 4) is 0 Å². The highest BCUT2D eigenvalue weighted by molar-refractivity contribution is 5.82. The lowest BCUT2D eigenvalue weighted by Crippen LogP contribution is -2.18. The van der Waals surface area contributed by atoms with Crippen molar-refractivity contribution in [1.82, 2.24) is 9.55 Å². The molecule has 0 fully saturated rings. The molecule has 0 saturated carbocycles. The Kier molecular flexibility index (Phi) is 2.89. The van der Waals surface area contributed by atoms with Crippen LogP contribution >= 0.6 is 0 Å². The minimum atomic E-state index is -0.0376. The molecule has 0 radical (unpaired) electrons. The van der Waals surface area contributed by atoms with Crippen LogP contribution in [0.2, 0.25) is 0 Å². The molecule has 82 valence electrons. The summed E-state index contributed by atoms with van der Waals surface area (Å²) in [5.41, 5.74) is 2.49. The van der Waals surface area contributed by atoms with Gasteiger partial charge in [-0.05, 0) is 32.6 Å². The smallest absolute Gasteiger partial charge is 0.155 e. The molecule has 15 heavy (non-hydrogen) atoms. The number of aryl methyl sites for hydroxylation is 1. The quantitative estimate of drug-likeness (QED) is 0.760. The van der Waals surface area contributed by atoms with Crippen LogP contribution < -0.4 is 0 Å². The summed E-state index contributed by atoms with van der Waals surface area (Å²) >= 11 is 0. The summed E-state index contributed by atoms with van der Waals surface area (Å²) in [5, 5.41) is 0. The molecular weight excluding hydrogens is 188 g/mol. The first kappa shape index (κ1) is 10.4. The zero-order chi connectivity index (χ0) is 10.8. The van der Waals surface area contributed by atoms with Crippen molar-refractivity contribution in [3.63, 3.8) is 0 Å². The Morgan fingerprint density at radius 1 is 1.53 bits per heavy atom. The van der Waals surface area contributed by atoms with Gasteiger partial charge in [-0.25, -0.2) is 4.98 Å². The van der Waals surface area contributed by atoms with E-state index in [0.29, 0.717) is 12.2 Å². The number of ketones is 1. The summed E-state index contributed by atoms with van der Waals surface area (Å²) < 4.78 is 2.07. The number of rotatable bonds is 3. The summed E-state index contributed by atoms with van der Waals surface area (Å²) in [6.45, 7) is 3.89. The maximum atomic E-state index is 11.6. The van der Waals surface area contributed by atoms with Gasteiger partial charge in [-0.15, -0.1) is 0 Å². The predicted octanol–water partition coefficient (Wildman–Crippen LogP) is 2.30. The minimum absolute atomic E-state index is 0.0376. The van der Waals surface area contributed by atoms with Gasteiger partial charge in [-0.1, -0.05) is 6.92 Å². The lowest BCUT2D eigenvalue weighted by molar-refractivity contribution is -0.121.